The quantitative estimate of drug-likeness (QED) is 0.496. The number of halogens is 2. The van der Waals surface area contributed by atoms with E-state index in [9.17, 15) is 4.79 Å². The maximum Gasteiger partial charge on any atom is 0.249 e. The van der Waals surface area contributed by atoms with Crippen molar-refractivity contribution in [2.75, 3.05) is 0 Å². The van der Waals surface area contributed by atoms with Crippen molar-refractivity contribution < 1.29 is 4.79 Å². The lowest BCUT2D eigenvalue weighted by Crippen LogP contribution is -2.11. The average molecular weight is 413 g/mol. The fourth-order valence-corrected chi connectivity index (χ4v) is 3.96. The number of hydrogen-bond acceptors (Lipinski definition) is 1. The van der Waals surface area contributed by atoms with Crippen LogP contribution in [0.5, 0.6) is 0 Å². The van der Waals surface area contributed by atoms with E-state index >= 15 is 0 Å². The molecule has 0 atom stereocenters. The first-order valence-corrected chi connectivity index (χ1v) is 8.88. The SMILES string of the molecule is NC(=O)c1cccc2c1c1[c]ccc(Cl)c1n2Cc1cccc(Br)c1. The van der Waals surface area contributed by atoms with Crippen molar-refractivity contribution in [1.29, 1.82) is 0 Å². The van der Waals surface area contributed by atoms with E-state index in [0.29, 0.717) is 17.1 Å². The predicted octanol–water partition coefficient (Wildman–Crippen LogP) is 5.16. The molecular formula is C20H13BrClN2O. The van der Waals surface area contributed by atoms with Crippen molar-refractivity contribution in [1.82, 2.24) is 4.57 Å². The summed E-state index contributed by atoms with van der Waals surface area (Å²) in [6.45, 7) is 0.624. The van der Waals surface area contributed by atoms with Gasteiger partial charge in [-0.1, -0.05) is 51.8 Å². The first-order chi connectivity index (χ1) is 12.1. The second-order valence-corrected chi connectivity index (χ2v) is 7.15. The fourth-order valence-electron chi connectivity index (χ4n) is 3.26. The first kappa shape index (κ1) is 16.2. The Morgan fingerprint density at radius 1 is 1.20 bits per heavy atom. The van der Waals surface area contributed by atoms with Crippen molar-refractivity contribution in [3.8, 4) is 0 Å². The van der Waals surface area contributed by atoms with Gasteiger partial charge in [0.25, 0.3) is 0 Å². The van der Waals surface area contributed by atoms with Crippen LogP contribution in [0, 0.1) is 6.07 Å². The van der Waals surface area contributed by atoms with Gasteiger partial charge in [-0.05, 0) is 42.0 Å². The Bertz CT molecular complexity index is 1130. The molecule has 1 radical (unpaired) electrons. The smallest absolute Gasteiger partial charge is 0.249 e. The van der Waals surface area contributed by atoms with E-state index in [2.05, 4.69) is 38.7 Å². The number of primary amides is 1. The Balaban J connectivity index is 2.08. The van der Waals surface area contributed by atoms with Crippen molar-refractivity contribution in [2.24, 2.45) is 5.73 Å². The molecule has 0 saturated carbocycles. The highest BCUT2D eigenvalue weighted by Gasteiger charge is 2.18. The number of nitrogens with zero attached hydrogens (tertiary/aromatic N) is 1. The molecular weight excluding hydrogens is 400 g/mol. The molecule has 123 valence electrons. The van der Waals surface area contributed by atoms with Crippen LogP contribution in [-0.4, -0.2) is 10.5 Å². The van der Waals surface area contributed by atoms with E-state index < -0.39 is 5.91 Å². The van der Waals surface area contributed by atoms with E-state index in [-0.39, 0.29) is 0 Å². The number of hydrogen-bond donors (Lipinski definition) is 1. The number of carbonyl (C=O) groups excluding carboxylic acids is 1. The molecule has 2 N–H and O–H groups in total. The van der Waals surface area contributed by atoms with E-state index in [4.69, 9.17) is 17.3 Å². The van der Waals surface area contributed by atoms with Crippen LogP contribution in [0.2, 0.25) is 5.02 Å². The van der Waals surface area contributed by atoms with Gasteiger partial charge in [0.15, 0.2) is 0 Å². The number of benzene rings is 3. The van der Waals surface area contributed by atoms with Crippen LogP contribution in [0.1, 0.15) is 15.9 Å². The highest BCUT2D eigenvalue weighted by atomic mass is 79.9. The van der Waals surface area contributed by atoms with Gasteiger partial charge in [-0.25, -0.2) is 0 Å². The monoisotopic (exact) mass is 411 g/mol. The average Bonchev–Trinajstić information content (AvgIpc) is 2.90. The van der Waals surface area contributed by atoms with Gasteiger partial charge < -0.3 is 10.3 Å². The topological polar surface area (TPSA) is 48.0 Å². The Kier molecular flexibility index (Phi) is 4.02. The van der Waals surface area contributed by atoms with E-state index in [1.54, 1.807) is 12.1 Å². The third-order valence-electron chi connectivity index (χ3n) is 4.27. The van der Waals surface area contributed by atoms with Gasteiger partial charge in [-0.15, -0.1) is 0 Å². The molecule has 0 aliphatic rings. The number of aromatic nitrogens is 1. The van der Waals surface area contributed by atoms with Gasteiger partial charge in [0.05, 0.1) is 16.1 Å². The minimum absolute atomic E-state index is 0.458. The summed E-state index contributed by atoms with van der Waals surface area (Å²) < 4.78 is 3.12. The Morgan fingerprint density at radius 2 is 2.00 bits per heavy atom. The van der Waals surface area contributed by atoms with Gasteiger partial charge in [0.2, 0.25) is 5.91 Å². The van der Waals surface area contributed by atoms with Crippen LogP contribution in [0.4, 0.5) is 0 Å². The molecule has 3 nitrogen and oxygen atoms in total. The lowest BCUT2D eigenvalue weighted by molar-refractivity contribution is 0.100. The lowest BCUT2D eigenvalue weighted by atomic mass is 10.1. The summed E-state index contributed by atoms with van der Waals surface area (Å²) in [4.78, 5) is 11.9. The van der Waals surface area contributed by atoms with E-state index in [0.717, 1.165) is 31.8 Å². The molecule has 0 fully saturated rings. The minimum Gasteiger partial charge on any atom is -0.366 e. The number of rotatable bonds is 3. The van der Waals surface area contributed by atoms with Gasteiger partial charge in [-0.2, -0.15) is 0 Å². The van der Waals surface area contributed by atoms with E-state index in [1.165, 1.54) is 0 Å². The standard InChI is InChI=1S/C20H13BrClN2O/c21-13-5-1-4-12(10-13)11-24-17-9-3-7-15(20(23)25)18(17)14-6-2-8-16(22)19(14)24/h1-5,7-10H,11H2,(H2,23,25). The molecule has 0 saturated heterocycles. The molecule has 4 aromatic rings. The first-order valence-electron chi connectivity index (χ1n) is 7.71. The summed E-state index contributed by atoms with van der Waals surface area (Å²) in [6, 6.07) is 20.5. The fraction of sp³-hybridized carbons (Fsp3) is 0.0500. The number of amides is 1. The summed E-state index contributed by atoms with van der Waals surface area (Å²) >= 11 is 10.0. The molecule has 0 bridgehead atoms. The molecule has 3 aromatic carbocycles. The zero-order valence-electron chi connectivity index (χ0n) is 13.1. The molecule has 4 rings (SSSR count). The van der Waals surface area contributed by atoms with Crippen LogP contribution in [0.15, 0.2) is 59.1 Å². The number of nitrogens with two attached hydrogens (primary N) is 1. The highest BCUT2D eigenvalue weighted by molar-refractivity contribution is 9.10. The molecule has 0 aliphatic carbocycles. The molecule has 1 aromatic heterocycles. The van der Waals surface area contributed by atoms with Crippen molar-refractivity contribution in [2.45, 2.75) is 6.54 Å². The molecule has 0 unspecified atom stereocenters. The van der Waals surface area contributed by atoms with Crippen LogP contribution >= 0.6 is 27.5 Å². The zero-order chi connectivity index (χ0) is 17.6. The predicted molar refractivity (Wildman–Crippen MR) is 105 cm³/mol. The third-order valence-corrected chi connectivity index (χ3v) is 5.07. The van der Waals surface area contributed by atoms with Crippen LogP contribution in [0.3, 0.4) is 0 Å². The molecule has 1 amide bonds. The highest BCUT2D eigenvalue weighted by Crippen LogP contribution is 2.35. The van der Waals surface area contributed by atoms with Crippen molar-refractivity contribution in [3.05, 3.63) is 81.3 Å². The molecule has 5 heteroatoms. The van der Waals surface area contributed by atoms with Gasteiger partial charge >= 0.3 is 0 Å². The summed E-state index contributed by atoms with van der Waals surface area (Å²) in [5.41, 5.74) is 8.96. The lowest BCUT2D eigenvalue weighted by Gasteiger charge is -2.09. The Morgan fingerprint density at radius 3 is 2.76 bits per heavy atom. The minimum atomic E-state index is -0.458. The van der Waals surface area contributed by atoms with Crippen LogP contribution in [-0.2, 0) is 6.54 Å². The maximum atomic E-state index is 11.9. The molecule has 1 heterocycles. The van der Waals surface area contributed by atoms with Crippen molar-refractivity contribution >= 4 is 55.2 Å². The van der Waals surface area contributed by atoms with Crippen LogP contribution in [0.25, 0.3) is 21.8 Å². The molecule has 0 spiro atoms. The summed E-state index contributed by atoms with van der Waals surface area (Å²) in [7, 11) is 0. The summed E-state index contributed by atoms with van der Waals surface area (Å²) in [6.07, 6.45) is 0. The van der Waals surface area contributed by atoms with Gasteiger partial charge in [0, 0.05) is 27.4 Å². The Labute approximate surface area is 158 Å². The number of fused-ring (bicyclic) bond motifs is 3. The largest absolute Gasteiger partial charge is 0.366 e. The van der Waals surface area contributed by atoms with Gasteiger partial charge in [0.1, 0.15) is 0 Å². The second kappa shape index (κ2) is 6.21. The number of carbonyl (C=O) groups is 1. The maximum absolute atomic E-state index is 11.9. The van der Waals surface area contributed by atoms with Crippen molar-refractivity contribution in [3.63, 3.8) is 0 Å². The summed E-state index contributed by atoms with van der Waals surface area (Å²) in [5.74, 6) is -0.458. The second-order valence-electron chi connectivity index (χ2n) is 5.83. The van der Waals surface area contributed by atoms with Crippen LogP contribution < -0.4 is 5.73 Å². The molecule has 25 heavy (non-hydrogen) atoms. The molecule has 0 aliphatic heterocycles. The zero-order valence-corrected chi connectivity index (χ0v) is 15.4. The summed E-state index contributed by atoms with van der Waals surface area (Å²) in [5, 5.41) is 2.23. The Hall–Kier alpha value is -2.30. The third kappa shape index (κ3) is 2.71. The van der Waals surface area contributed by atoms with Gasteiger partial charge in [-0.3, -0.25) is 4.79 Å². The normalized spacial score (nSPS) is 11.3. The van der Waals surface area contributed by atoms with E-state index in [1.807, 2.05) is 30.3 Å².